The number of sulfone groups is 1. The van der Waals surface area contributed by atoms with Gasteiger partial charge in [-0.15, -0.1) is 0 Å². The highest BCUT2D eigenvalue weighted by molar-refractivity contribution is 7.92. The Hall–Kier alpha value is -0.990. The highest BCUT2D eigenvalue weighted by Gasteiger charge is 2.32. The van der Waals surface area contributed by atoms with Gasteiger partial charge in [-0.2, -0.15) is 0 Å². The van der Waals surface area contributed by atoms with Gasteiger partial charge in [0.25, 0.3) is 0 Å². The second-order valence-electron chi connectivity index (χ2n) is 4.44. The zero-order chi connectivity index (χ0) is 14.1. The van der Waals surface area contributed by atoms with Crippen LogP contribution in [-0.2, 0) is 19.9 Å². The van der Waals surface area contributed by atoms with Crippen LogP contribution >= 0.6 is 0 Å². The normalized spacial score (nSPS) is 22.5. The zero-order valence-corrected chi connectivity index (χ0v) is 11.7. The van der Waals surface area contributed by atoms with E-state index in [2.05, 4.69) is 4.72 Å². The van der Waals surface area contributed by atoms with Crippen molar-refractivity contribution in [1.82, 2.24) is 4.72 Å². The van der Waals surface area contributed by atoms with E-state index in [1.165, 1.54) is 0 Å². The van der Waals surface area contributed by atoms with Gasteiger partial charge in [-0.25, -0.2) is 25.9 Å². The molecule has 1 aliphatic heterocycles. The predicted octanol–water partition coefficient (Wildman–Crippen LogP) is 0.681. The van der Waals surface area contributed by atoms with E-state index in [4.69, 9.17) is 0 Å². The minimum atomic E-state index is -3.80. The van der Waals surface area contributed by atoms with Crippen molar-refractivity contribution in [2.24, 2.45) is 0 Å². The second-order valence-corrected chi connectivity index (χ2v) is 8.60. The van der Waals surface area contributed by atoms with Gasteiger partial charge in [-0.05, 0) is 37.1 Å². The summed E-state index contributed by atoms with van der Waals surface area (Å²) in [6.07, 6.45) is 1.03. The minimum Gasteiger partial charge on any atom is -0.229 e. The number of sulfonamides is 1. The number of nitrogens with one attached hydrogen (secondary N) is 1. The first-order valence-electron chi connectivity index (χ1n) is 5.78. The molecule has 1 aliphatic rings. The van der Waals surface area contributed by atoms with Gasteiger partial charge in [0, 0.05) is 6.54 Å². The molecule has 1 heterocycles. The van der Waals surface area contributed by atoms with Gasteiger partial charge in [0.15, 0.2) is 9.84 Å². The molecule has 1 N–H and O–H groups in total. The summed E-state index contributed by atoms with van der Waals surface area (Å²) >= 11 is 0. The van der Waals surface area contributed by atoms with Crippen LogP contribution in [0.2, 0.25) is 0 Å². The molecule has 106 valence electrons. The van der Waals surface area contributed by atoms with Gasteiger partial charge in [-0.1, -0.05) is 0 Å². The fourth-order valence-corrected chi connectivity index (χ4v) is 4.94. The van der Waals surface area contributed by atoms with Crippen LogP contribution in [0.4, 0.5) is 4.39 Å². The Morgan fingerprint density at radius 1 is 1.26 bits per heavy atom. The van der Waals surface area contributed by atoms with Crippen LogP contribution in [0, 0.1) is 5.82 Å². The molecule has 0 saturated carbocycles. The minimum absolute atomic E-state index is 0.0794. The van der Waals surface area contributed by atoms with E-state index < -0.39 is 30.9 Å². The van der Waals surface area contributed by atoms with Gasteiger partial charge in [0.1, 0.15) is 5.82 Å². The number of rotatable bonds is 4. The van der Waals surface area contributed by atoms with E-state index in [0.717, 1.165) is 24.3 Å². The zero-order valence-electron chi connectivity index (χ0n) is 10.0. The van der Waals surface area contributed by atoms with E-state index >= 15 is 0 Å². The summed E-state index contributed by atoms with van der Waals surface area (Å²) < 4.78 is 61.9. The van der Waals surface area contributed by atoms with Crippen molar-refractivity contribution in [3.05, 3.63) is 30.1 Å². The van der Waals surface area contributed by atoms with E-state index in [-0.39, 0.29) is 17.2 Å². The highest BCUT2D eigenvalue weighted by Crippen LogP contribution is 2.20. The molecule has 0 aliphatic carbocycles. The second kappa shape index (κ2) is 5.18. The molecule has 2 rings (SSSR count). The van der Waals surface area contributed by atoms with Crippen molar-refractivity contribution in [1.29, 1.82) is 0 Å². The Morgan fingerprint density at radius 3 is 2.42 bits per heavy atom. The molecular weight excluding hydrogens is 293 g/mol. The summed E-state index contributed by atoms with van der Waals surface area (Å²) in [6.45, 7) is -0.137. The quantitative estimate of drug-likeness (QED) is 0.887. The summed E-state index contributed by atoms with van der Waals surface area (Å²) in [4.78, 5) is -0.0794. The number of hydrogen-bond acceptors (Lipinski definition) is 4. The largest absolute Gasteiger partial charge is 0.240 e. The molecular formula is C11H14FNO4S2. The van der Waals surface area contributed by atoms with Gasteiger partial charge < -0.3 is 0 Å². The predicted molar refractivity (Wildman–Crippen MR) is 68.4 cm³/mol. The molecule has 8 heteroatoms. The molecule has 1 saturated heterocycles. The van der Waals surface area contributed by atoms with E-state index in [0.29, 0.717) is 12.8 Å². The lowest BCUT2D eigenvalue weighted by Crippen LogP contribution is -2.34. The molecule has 0 radical (unpaired) electrons. The number of halogens is 1. The highest BCUT2D eigenvalue weighted by atomic mass is 32.2. The molecule has 0 spiro atoms. The smallest absolute Gasteiger partial charge is 0.229 e. The van der Waals surface area contributed by atoms with Gasteiger partial charge in [0.05, 0.1) is 15.9 Å². The van der Waals surface area contributed by atoms with Crippen LogP contribution in [-0.4, -0.2) is 34.4 Å². The first kappa shape index (κ1) is 14.4. The molecule has 19 heavy (non-hydrogen) atoms. The Labute approximate surface area is 111 Å². The lowest BCUT2D eigenvalue weighted by atomic mass is 10.2. The molecule has 5 nitrogen and oxygen atoms in total. The average Bonchev–Trinajstić information content (AvgIpc) is 2.66. The summed E-state index contributed by atoms with van der Waals surface area (Å²) in [5, 5.41) is -0.664. The standard InChI is InChI=1S/C11H14FNO4S2/c12-9-3-5-10(6-4-9)19(16,17)13-8-11-2-1-7-18(11,14)15/h3-6,11,13H,1-2,7-8H2. The lowest BCUT2D eigenvalue weighted by Gasteiger charge is -2.11. The van der Waals surface area contributed by atoms with Crippen molar-refractivity contribution in [2.75, 3.05) is 12.3 Å². The third-order valence-electron chi connectivity index (χ3n) is 3.09. The van der Waals surface area contributed by atoms with Crippen LogP contribution < -0.4 is 4.72 Å². The van der Waals surface area contributed by atoms with Crippen LogP contribution in [0.5, 0.6) is 0 Å². The molecule has 1 fully saturated rings. The van der Waals surface area contributed by atoms with Crippen molar-refractivity contribution in [3.63, 3.8) is 0 Å². The Balaban J connectivity index is 2.08. The summed E-state index contributed by atoms with van der Waals surface area (Å²) in [5.74, 6) is -0.423. The fourth-order valence-electron chi connectivity index (χ4n) is 1.99. The van der Waals surface area contributed by atoms with Crippen molar-refractivity contribution in [2.45, 2.75) is 23.0 Å². The third kappa shape index (κ3) is 3.31. The van der Waals surface area contributed by atoms with Crippen LogP contribution in [0.3, 0.4) is 0 Å². The summed E-state index contributed by atoms with van der Waals surface area (Å²) in [6, 6.07) is 4.36. The maximum Gasteiger partial charge on any atom is 0.240 e. The summed E-state index contributed by atoms with van der Waals surface area (Å²) in [5.41, 5.74) is 0. The van der Waals surface area contributed by atoms with Gasteiger partial charge >= 0.3 is 0 Å². The van der Waals surface area contributed by atoms with Crippen LogP contribution in [0.15, 0.2) is 29.2 Å². The molecule has 0 bridgehead atoms. The molecule has 1 aromatic carbocycles. The van der Waals surface area contributed by atoms with Gasteiger partial charge in [0.2, 0.25) is 10.0 Å². The maximum atomic E-state index is 12.7. The molecule has 1 aromatic rings. The Bertz CT molecular complexity index is 652. The summed E-state index contributed by atoms with van der Waals surface area (Å²) in [7, 11) is -6.98. The van der Waals surface area contributed by atoms with Crippen molar-refractivity contribution >= 4 is 19.9 Å². The molecule has 1 atom stereocenters. The monoisotopic (exact) mass is 307 g/mol. The molecule has 0 amide bonds. The topological polar surface area (TPSA) is 80.3 Å². The van der Waals surface area contributed by atoms with E-state index in [1.54, 1.807) is 0 Å². The lowest BCUT2D eigenvalue weighted by molar-refractivity contribution is 0.570. The number of benzene rings is 1. The molecule has 1 unspecified atom stereocenters. The molecule has 0 aromatic heterocycles. The first-order chi connectivity index (χ1) is 8.81. The van der Waals surface area contributed by atoms with E-state index in [1.807, 2.05) is 0 Å². The Morgan fingerprint density at radius 2 is 1.89 bits per heavy atom. The van der Waals surface area contributed by atoms with Gasteiger partial charge in [-0.3, -0.25) is 0 Å². The fraction of sp³-hybridized carbons (Fsp3) is 0.455. The Kier molecular flexibility index (Phi) is 3.93. The maximum absolute atomic E-state index is 12.7. The van der Waals surface area contributed by atoms with Crippen LogP contribution in [0.1, 0.15) is 12.8 Å². The third-order valence-corrected chi connectivity index (χ3v) is 6.80. The van der Waals surface area contributed by atoms with E-state index in [9.17, 15) is 21.2 Å². The van der Waals surface area contributed by atoms with Crippen LogP contribution in [0.25, 0.3) is 0 Å². The SMILES string of the molecule is O=S(=O)(NCC1CCCS1(=O)=O)c1ccc(F)cc1. The first-order valence-corrected chi connectivity index (χ1v) is 8.98. The van der Waals surface area contributed by atoms with Crippen molar-refractivity contribution in [3.8, 4) is 0 Å². The average molecular weight is 307 g/mol. The van der Waals surface area contributed by atoms with Crippen molar-refractivity contribution < 1.29 is 21.2 Å². The number of hydrogen-bond donors (Lipinski definition) is 1.